The molecule has 2 aromatic rings. The summed E-state index contributed by atoms with van der Waals surface area (Å²) in [7, 11) is 0. The number of amides is 1. The van der Waals surface area contributed by atoms with Crippen molar-refractivity contribution in [3.05, 3.63) is 64.2 Å². The smallest absolute Gasteiger partial charge is 0.303 e. The quantitative estimate of drug-likeness (QED) is 0.449. The van der Waals surface area contributed by atoms with E-state index in [2.05, 4.69) is 0 Å². The molecule has 1 heterocycles. The fourth-order valence-corrected chi connectivity index (χ4v) is 4.14. The molecular weight excluding hydrogens is 408 g/mol. The number of carbonyl (C=O) groups excluding carboxylic acids is 1. The number of alkyl halides is 6. The van der Waals surface area contributed by atoms with Crippen molar-refractivity contribution in [3.63, 3.8) is 0 Å². The van der Waals surface area contributed by atoms with Gasteiger partial charge in [-0.1, -0.05) is 24.6 Å². The number of hydrogen-bond acceptors (Lipinski definition) is 1. The van der Waals surface area contributed by atoms with Gasteiger partial charge < -0.3 is 4.90 Å². The van der Waals surface area contributed by atoms with Gasteiger partial charge in [-0.2, -0.15) is 26.3 Å². The van der Waals surface area contributed by atoms with Gasteiger partial charge in [0.1, 0.15) is 0 Å². The van der Waals surface area contributed by atoms with Crippen molar-refractivity contribution in [3.8, 4) is 0 Å². The second kappa shape index (κ2) is 7.03. The molecule has 0 aromatic heterocycles. The third-order valence-electron chi connectivity index (χ3n) is 5.40. The predicted molar refractivity (Wildman–Crippen MR) is 102 cm³/mol. The lowest BCUT2D eigenvalue weighted by molar-refractivity contribution is -0.143. The van der Waals surface area contributed by atoms with Crippen LogP contribution >= 0.6 is 0 Å². The van der Waals surface area contributed by atoms with E-state index < -0.39 is 40.5 Å². The van der Waals surface area contributed by atoms with Gasteiger partial charge in [-0.15, -0.1) is 0 Å². The molecule has 2 nitrogen and oxygen atoms in total. The average Bonchev–Trinajstić information content (AvgIpc) is 2.59. The number of aryl methyl sites for hydroxylation is 1. The molecule has 1 amide bonds. The van der Waals surface area contributed by atoms with Crippen molar-refractivity contribution >= 4 is 11.6 Å². The van der Waals surface area contributed by atoms with E-state index in [4.69, 9.17) is 0 Å². The number of benzene rings is 2. The molecule has 0 N–H and O–H groups in total. The zero-order valence-electron chi connectivity index (χ0n) is 16.9. The van der Waals surface area contributed by atoms with Crippen LogP contribution in [0.5, 0.6) is 0 Å². The summed E-state index contributed by atoms with van der Waals surface area (Å²) in [6, 6.07) is 6.35. The maximum absolute atomic E-state index is 13.3. The first-order chi connectivity index (χ1) is 13.6. The highest BCUT2D eigenvalue weighted by molar-refractivity contribution is 6.08. The Morgan fingerprint density at radius 3 is 2.00 bits per heavy atom. The second-order valence-corrected chi connectivity index (χ2v) is 8.41. The molecule has 0 bridgehead atoms. The van der Waals surface area contributed by atoms with Gasteiger partial charge in [0.05, 0.1) is 11.1 Å². The summed E-state index contributed by atoms with van der Waals surface area (Å²) in [6.45, 7) is 7.36. The maximum atomic E-state index is 13.3. The molecule has 0 radical (unpaired) electrons. The summed E-state index contributed by atoms with van der Waals surface area (Å²) in [4.78, 5) is 14.6. The Labute approximate surface area is 170 Å². The lowest BCUT2D eigenvalue weighted by Crippen LogP contribution is -2.51. The number of rotatable bonds is 1. The van der Waals surface area contributed by atoms with Gasteiger partial charge in [0.25, 0.3) is 5.91 Å². The van der Waals surface area contributed by atoms with Crippen LogP contribution in [0.4, 0.5) is 32.0 Å². The molecule has 0 saturated heterocycles. The van der Waals surface area contributed by atoms with E-state index in [0.717, 1.165) is 11.1 Å². The van der Waals surface area contributed by atoms with E-state index in [1.54, 1.807) is 26.0 Å². The second-order valence-electron chi connectivity index (χ2n) is 8.41. The van der Waals surface area contributed by atoms with Crippen LogP contribution in [0.15, 0.2) is 36.4 Å². The molecule has 2 aromatic carbocycles. The Bertz CT molecular complexity index is 958. The van der Waals surface area contributed by atoms with Gasteiger partial charge in [-0.25, -0.2) is 0 Å². The number of anilines is 1. The van der Waals surface area contributed by atoms with Crippen LogP contribution in [0.25, 0.3) is 0 Å². The van der Waals surface area contributed by atoms with Crippen LogP contribution in [-0.2, 0) is 12.4 Å². The van der Waals surface area contributed by atoms with Crippen molar-refractivity contribution in [1.82, 2.24) is 0 Å². The maximum Gasteiger partial charge on any atom is 0.416 e. The van der Waals surface area contributed by atoms with Crippen LogP contribution in [0, 0.1) is 6.92 Å². The van der Waals surface area contributed by atoms with Gasteiger partial charge in [0.15, 0.2) is 0 Å². The zero-order valence-corrected chi connectivity index (χ0v) is 16.9. The molecule has 8 heteroatoms. The van der Waals surface area contributed by atoms with Gasteiger partial charge in [0, 0.05) is 16.8 Å². The first-order valence-electron chi connectivity index (χ1n) is 9.36. The molecule has 1 aliphatic heterocycles. The van der Waals surface area contributed by atoms with Crippen LogP contribution in [-0.4, -0.2) is 11.4 Å². The summed E-state index contributed by atoms with van der Waals surface area (Å²) in [6.07, 6.45) is -9.52. The monoisotopic (exact) mass is 429 g/mol. The Hall–Kier alpha value is -2.51. The largest absolute Gasteiger partial charge is 0.416 e. The van der Waals surface area contributed by atoms with Crippen LogP contribution in [0.1, 0.15) is 65.7 Å². The van der Waals surface area contributed by atoms with Crippen molar-refractivity contribution in [2.75, 3.05) is 4.90 Å². The van der Waals surface area contributed by atoms with E-state index in [1.165, 1.54) is 4.90 Å². The highest BCUT2D eigenvalue weighted by Crippen LogP contribution is 2.45. The Balaban J connectivity index is 2.20. The Kier molecular flexibility index (Phi) is 5.20. The van der Waals surface area contributed by atoms with Gasteiger partial charge in [-0.05, 0) is 62.9 Å². The first kappa shape index (κ1) is 22.2. The van der Waals surface area contributed by atoms with Crippen molar-refractivity contribution in [1.29, 1.82) is 0 Å². The summed E-state index contributed by atoms with van der Waals surface area (Å²) < 4.78 is 79.4. The molecular formula is C22H21F6NO. The molecule has 0 spiro atoms. The molecule has 0 aliphatic carbocycles. The number of fused-ring (bicyclic) bond motifs is 1. The van der Waals surface area contributed by atoms with E-state index in [1.807, 2.05) is 19.9 Å². The van der Waals surface area contributed by atoms with E-state index in [0.29, 0.717) is 24.2 Å². The highest BCUT2D eigenvalue weighted by atomic mass is 19.4. The highest BCUT2D eigenvalue weighted by Gasteiger charge is 2.42. The molecule has 1 aliphatic rings. The minimum atomic E-state index is -5.02. The predicted octanol–water partition coefficient (Wildman–Crippen LogP) is 6.97. The van der Waals surface area contributed by atoms with Crippen LogP contribution in [0.2, 0.25) is 0 Å². The lowest BCUT2D eigenvalue weighted by Gasteiger charge is -2.46. The molecule has 1 unspecified atom stereocenters. The van der Waals surface area contributed by atoms with E-state index >= 15 is 0 Å². The Morgan fingerprint density at radius 1 is 0.967 bits per heavy atom. The SMILES string of the molecule is Cc1ccc2c(c1)C(C)CC(C)(C)N2C(=O)c1cc(C(F)(F)F)cc(C(F)(F)F)c1. The van der Waals surface area contributed by atoms with Crippen LogP contribution < -0.4 is 4.90 Å². The topological polar surface area (TPSA) is 20.3 Å². The third kappa shape index (κ3) is 4.04. The number of nitrogens with zero attached hydrogens (tertiary/aromatic N) is 1. The zero-order chi connectivity index (χ0) is 22.6. The first-order valence-corrected chi connectivity index (χ1v) is 9.36. The molecule has 3 rings (SSSR count). The Morgan fingerprint density at radius 2 is 1.50 bits per heavy atom. The van der Waals surface area contributed by atoms with Gasteiger partial charge >= 0.3 is 12.4 Å². The molecule has 0 fully saturated rings. The molecule has 0 saturated carbocycles. The number of halogens is 6. The van der Waals surface area contributed by atoms with Gasteiger partial charge in [-0.3, -0.25) is 4.79 Å². The number of hydrogen-bond donors (Lipinski definition) is 0. The lowest BCUT2D eigenvalue weighted by atomic mass is 9.79. The number of carbonyl (C=O) groups is 1. The summed E-state index contributed by atoms with van der Waals surface area (Å²) in [5.41, 5.74) is -2.17. The third-order valence-corrected chi connectivity index (χ3v) is 5.40. The van der Waals surface area contributed by atoms with E-state index in [9.17, 15) is 31.1 Å². The summed E-state index contributed by atoms with van der Waals surface area (Å²) in [5, 5.41) is 0. The molecule has 30 heavy (non-hydrogen) atoms. The van der Waals surface area contributed by atoms with Crippen molar-refractivity contribution < 1.29 is 31.1 Å². The van der Waals surface area contributed by atoms with E-state index in [-0.39, 0.29) is 12.0 Å². The fraction of sp³-hybridized carbons (Fsp3) is 0.409. The van der Waals surface area contributed by atoms with Crippen LogP contribution in [0.3, 0.4) is 0 Å². The average molecular weight is 429 g/mol. The minimum absolute atomic E-state index is 0.0253. The van der Waals surface area contributed by atoms with Crippen molar-refractivity contribution in [2.24, 2.45) is 0 Å². The molecule has 162 valence electrons. The standard InChI is InChI=1S/C22H21F6NO/c1-12-5-6-18-17(7-12)13(2)11-20(3,4)29(18)19(30)14-8-15(21(23,24)25)10-16(9-14)22(26,27)28/h5-10,13H,11H2,1-4H3. The summed E-state index contributed by atoms with van der Waals surface area (Å²) >= 11 is 0. The normalized spacial score (nSPS) is 18.9. The van der Waals surface area contributed by atoms with Crippen molar-refractivity contribution in [2.45, 2.75) is 57.9 Å². The van der Waals surface area contributed by atoms with Gasteiger partial charge in [0.2, 0.25) is 0 Å². The molecule has 1 atom stereocenters. The summed E-state index contributed by atoms with van der Waals surface area (Å²) in [5.74, 6) is -0.820. The fourth-order valence-electron chi connectivity index (χ4n) is 4.14. The minimum Gasteiger partial charge on any atom is -0.303 e.